The predicted octanol–water partition coefficient (Wildman–Crippen LogP) is 4.46. The van der Waals surface area contributed by atoms with Gasteiger partial charge in [-0.05, 0) is 41.0 Å². The molecule has 0 spiro atoms. The van der Waals surface area contributed by atoms with E-state index in [1.165, 1.54) is 0 Å². The van der Waals surface area contributed by atoms with E-state index >= 15 is 0 Å². The summed E-state index contributed by atoms with van der Waals surface area (Å²) >= 11 is 1.75. The minimum Gasteiger partial charge on any atom is -0.497 e. The average Bonchev–Trinajstić information content (AvgIpc) is 3.59. The van der Waals surface area contributed by atoms with E-state index < -0.39 is 34.0 Å². The highest BCUT2D eigenvalue weighted by Crippen LogP contribution is 2.70. The van der Waals surface area contributed by atoms with Crippen LogP contribution in [0.4, 0.5) is 5.95 Å². The van der Waals surface area contributed by atoms with E-state index in [1.807, 2.05) is 56.6 Å². The molecule has 49 heavy (non-hydrogen) atoms. The molecule has 5 atom stereocenters. The summed E-state index contributed by atoms with van der Waals surface area (Å²) in [6, 6.07) is 26.7. The molecule has 1 aliphatic carbocycles. The molecule has 0 radical (unpaired) electrons. The van der Waals surface area contributed by atoms with Crippen LogP contribution in [0.5, 0.6) is 11.5 Å². The van der Waals surface area contributed by atoms with E-state index in [0.717, 1.165) is 28.2 Å². The van der Waals surface area contributed by atoms with Crippen LogP contribution in [0.3, 0.4) is 0 Å². The van der Waals surface area contributed by atoms with Crippen LogP contribution in [0.2, 0.25) is 0 Å². The molecule has 2 aromatic heterocycles. The van der Waals surface area contributed by atoms with Gasteiger partial charge in [-0.15, -0.1) is 11.8 Å². The van der Waals surface area contributed by atoms with Crippen LogP contribution in [-0.4, -0.2) is 87.4 Å². The fourth-order valence-corrected chi connectivity index (χ4v) is 9.22. The van der Waals surface area contributed by atoms with Crippen LogP contribution in [0.1, 0.15) is 29.3 Å². The molecule has 2 aliphatic heterocycles. The number of imidazole rings is 1. The minimum absolute atomic E-state index is 0.150. The number of thioether (sulfide) groups is 1. The average molecular weight is 681 g/mol. The van der Waals surface area contributed by atoms with Crippen molar-refractivity contribution in [3.05, 3.63) is 112 Å². The predicted molar refractivity (Wildman–Crippen MR) is 186 cm³/mol. The number of aromatic amines is 1. The Labute approximate surface area is 286 Å². The second kappa shape index (κ2) is 11.7. The lowest BCUT2D eigenvalue weighted by Crippen LogP contribution is -2.77. The van der Waals surface area contributed by atoms with Gasteiger partial charge in [-0.1, -0.05) is 54.6 Å². The molecule has 12 nitrogen and oxygen atoms in total. The minimum atomic E-state index is -1.28. The quantitative estimate of drug-likeness (QED) is 0.117. The van der Waals surface area contributed by atoms with Crippen molar-refractivity contribution in [3.63, 3.8) is 0 Å². The lowest BCUT2D eigenvalue weighted by atomic mass is 9.60. The molecular formula is C36H36N6O6S. The monoisotopic (exact) mass is 680 g/mol. The van der Waals surface area contributed by atoms with E-state index in [4.69, 9.17) is 18.9 Å². The third-order valence-corrected chi connectivity index (χ3v) is 11.5. The highest BCUT2D eigenvalue weighted by Gasteiger charge is 2.81. The van der Waals surface area contributed by atoms with Crippen molar-refractivity contribution in [1.82, 2.24) is 24.4 Å². The molecule has 8 rings (SSSR count). The van der Waals surface area contributed by atoms with Crippen molar-refractivity contribution in [3.8, 4) is 11.5 Å². The summed E-state index contributed by atoms with van der Waals surface area (Å²) in [7, 11) is 6.97. The molecule has 4 heterocycles. The maximum Gasteiger partial charge on any atom is 0.280 e. The Kier molecular flexibility index (Phi) is 7.56. The highest BCUT2D eigenvalue weighted by atomic mass is 32.2. The SMILES string of the molecule is COc1ccc(C(SC[C@]23CC4(O)OC(C42)[C@H](n2cnc4c(=O)[nH]c(N=CN(C)C)nc42)O3)(c2ccccc2)c2ccc(OC)cc2)cc1. The topological polar surface area (TPSA) is 136 Å². The fraction of sp³-hybridized carbons (Fsp3) is 0.333. The van der Waals surface area contributed by atoms with Gasteiger partial charge in [-0.3, -0.25) is 14.3 Å². The van der Waals surface area contributed by atoms with Crippen LogP contribution in [0.25, 0.3) is 11.2 Å². The van der Waals surface area contributed by atoms with Crippen molar-refractivity contribution in [2.75, 3.05) is 34.1 Å². The number of fused-ring (bicyclic) bond motifs is 1. The summed E-state index contributed by atoms with van der Waals surface area (Å²) in [5, 5.41) is 11.4. The first-order valence-corrected chi connectivity index (χ1v) is 16.9. The lowest BCUT2D eigenvalue weighted by Gasteiger charge is -2.63. The van der Waals surface area contributed by atoms with Gasteiger partial charge in [0.2, 0.25) is 5.95 Å². The lowest BCUT2D eigenvalue weighted by molar-refractivity contribution is -0.427. The Morgan fingerprint density at radius 1 is 1.02 bits per heavy atom. The van der Waals surface area contributed by atoms with Crippen molar-refractivity contribution < 1.29 is 24.1 Å². The molecule has 0 amide bonds. The van der Waals surface area contributed by atoms with E-state index in [0.29, 0.717) is 17.8 Å². The maximum absolute atomic E-state index is 12.9. The molecular weight excluding hydrogens is 644 g/mol. The van der Waals surface area contributed by atoms with Crippen molar-refractivity contribution in [1.29, 1.82) is 0 Å². The largest absolute Gasteiger partial charge is 0.497 e. The molecule has 2 saturated heterocycles. The van der Waals surface area contributed by atoms with Crippen LogP contribution in [0, 0.1) is 5.92 Å². The number of benzene rings is 3. The molecule has 13 heteroatoms. The van der Waals surface area contributed by atoms with Gasteiger partial charge in [0.05, 0.1) is 43.2 Å². The number of H-pyrrole nitrogens is 1. The third-order valence-electron chi connectivity index (χ3n) is 9.72. The molecule has 0 bridgehead atoms. The number of ether oxygens (including phenoxy) is 4. The Balaban J connectivity index is 1.19. The first-order chi connectivity index (χ1) is 23.7. The molecule has 3 fully saturated rings. The Bertz CT molecular complexity index is 2040. The summed E-state index contributed by atoms with van der Waals surface area (Å²) in [6.07, 6.45) is 2.29. The summed E-state index contributed by atoms with van der Waals surface area (Å²) in [5.74, 6) is 0.640. The third kappa shape index (κ3) is 4.94. The zero-order valence-electron chi connectivity index (χ0n) is 27.4. The molecule has 5 aromatic rings. The second-order valence-corrected chi connectivity index (χ2v) is 14.1. The fourth-order valence-electron chi connectivity index (χ4n) is 7.50. The number of hydrogen-bond acceptors (Lipinski definition) is 10. The van der Waals surface area contributed by atoms with Gasteiger partial charge in [-0.2, -0.15) is 4.98 Å². The Morgan fingerprint density at radius 3 is 2.24 bits per heavy atom. The number of methoxy groups -OCH3 is 2. The molecule has 3 aromatic carbocycles. The number of hydrogen-bond donors (Lipinski definition) is 2. The molecule has 1 saturated carbocycles. The van der Waals surface area contributed by atoms with Crippen molar-refractivity contribution in [2.24, 2.45) is 10.9 Å². The summed E-state index contributed by atoms with van der Waals surface area (Å²) in [5.41, 5.74) is 2.59. The number of aliphatic imine (C=N–C) groups is 1. The zero-order valence-corrected chi connectivity index (χ0v) is 28.3. The van der Waals surface area contributed by atoms with Gasteiger partial charge in [0, 0.05) is 26.3 Å². The van der Waals surface area contributed by atoms with E-state index in [1.54, 1.807) is 48.1 Å². The van der Waals surface area contributed by atoms with Crippen molar-refractivity contribution in [2.45, 2.75) is 34.9 Å². The van der Waals surface area contributed by atoms with Gasteiger partial charge in [0.15, 0.2) is 23.2 Å². The van der Waals surface area contributed by atoms with Crippen LogP contribution in [-0.2, 0) is 14.2 Å². The second-order valence-electron chi connectivity index (χ2n) is 12.9. The standard InChI is InChI=1S/C36H36N6O6S/c1-41(2)20-38-33-39-30-27(31(43)40-33)37-21-42(30)32-28-29-34(48-32,18-35(29,44)47-28)19-49-36(22-8-6-5-7-9-22,23-10-14-25(45-3)15-11-23)24-12-16-26(46-4)17-13-24/h5-17,20-21,28-29,32,44H,18-19H2,1-4H3,(H,39,40,43)/t28?,29?,32-,34-,35?/m1/s1. The van der Waals surface area contributed by atoms with E-state index in [-0.39, 0.29) is 17.4 Å². The molecule has 3 aliphatic rings. The molecule has 3 unspecified atom stereocenters. The summed E-state index contributed by atoms with van der Waals surface area (Å²) < 4.78 is 25.1. The van der Waals surface area contributed by atoms with Crippen molar-refractivity contribution >= 4 is 35.2 Å². The zero-order chi connectivity index (χ0) is 34.0. The first-order valence-electron chi connectivity index (χ1n) is 15.9. The van der Waals surface area contributed by atoms with Gasteiger partial charge >= 0.3 is 0 Å². The summed E-state index contributed by atoms with van der Waals surface area (Å²) in [4.78, 5) is 30.6. The van der Waals surface area contributed by atoms with Gasteiger partial charge < -0.3 is 29.0 Å². The maximum atomic E-state index is 12.9. The van der Waals surface area contributed by atoms with Crippen LogP contribution < -0.4 is 15.0 Å². The number of rotatable bonds is 11. The number of nitrogens with one attached hydrogen (secondary N) is 1. The Morgan fingerprint density at radius 2 is 1.65 bits per heavy atom. The van der Waals surface area contributed by atoms with E-state index in [9.17, 15) is 9.90 Å². The molecule has 2 N–H and O–H groups in total. The van der Waals surface area contributed by atoms with Gasteiger partial charge in [-0.25, -0.2) is 9.98 Å². The smallest absolute Gasteiger partial charge is 0.280 e. The van der Waals surface area contributed by atoms with Gasteiger partial charge in [0.25, 0.3) is 5.56 Å². The van der Waals surface area contributed by atoms with E-state index in [2.05, 4.69) is 56.3 Å². The normalized spacial score (nSPS) is 25.5. The Hall–Kier alpha value is -4.69. The number of nitrogens with zero attached hydrogens (tertiary/aromatic N) is 5. The number of aromatic nitrogens is 4. The van der Waals surface area contributed by atoms with Crippen LogP contribution >= 0.6 is 11.8 Å². The van der Waals surface area contributed by atoms with Gasteiger partial charge in [0.1, 0.15) is 17.6 Å². The first kappa shape index (κ1) is 31.6. The molecule has 252 valence electrons. The number of aliphatic hydroxyl groups is 1. The highest BCUT2D eigenvalue weighted by molar-refractivity contribution is 8.00. The van der Waals surface area contributed by atoms with Crippen LogP contribution in [0.15, 0.2) is 95.0 Å². The summed E-state index contributed by atoms with van der Waals surface area (Å²) in [6.45, 7) is 0.